The molecule has 0 fully saturated rings. The minimum atomic E-state index is -0.0276. The highest BCUT2D eigenvalue weighted by Gasteiger charge is 2.15. The molecule has 0 radical (unpaired) electrons. The smallest absolute Gasteiger partial charge is 0.233 e. The maximum absolute atomic E-state index is 12.5. The van der Waals surface area contributed by atoms with E-state index in [2.05, 4.69) is 15.5 Å². The predicted octanol–water partition coefficient (Wildman–Crippen LogP) is 2.43. The molecule has 28 heavy (non-hydrogen) atoms. The number of benzene rings is 2. The first-order valence-corrected chi connectivity index (χ1v) is 9.52. The van der Waals surface area contributed by atoms with Crippen molar-refractivity contribution in [2.45, 2.75) is 11.7 Å². The number of rotatable bonds is 8. The van der Waals surface area contributed by atoms with Crippen molar-refractivity contribution in [2.75, 3.05) is 27.0 Å². The van der Waals surface area contributed by atoms with Crippen LogP contribution in [0.3, 0.4) is 0 Å². The third-order valence-corrected chi connectivity index (χ3v) is 5.01. The van der Waals surface area contributed by atoms with Crippen LogP contribution in [-0.4, -0.2) is 58.0 Å². The second-order valence-corrected chi connectivity index (χ2v) is 6.86. The molecular formula is C19H21N5O3S. The SMILES string of the molecule is COc1ccc(-n2nnnc2SCC(=O)N(C)Cc2ccccc2OC)cc1. The Labute approximate surface area is 167 Å². The molecule has 0 spiro atoms. The number of tetrazole rings is 1. The van der Waals surface area contributed by atoms with Gasteiger partial charge in [-0.2, -0.15) is 4.68 Å². The zero-order chi connectivity index (χ0) is 19.9. The number of carbonyl (C=O) groups excluding carboxylic acids is 1. The van der Waals surface area contributed by atoms with Crippen molar-refractivity contribution in [1.29, 1.82) is 0 Å². The van der Waals surface area contributed by atoms with E-state index in [9.17, 15) is 4.79 Å². The van der Waals surface area contributed by atoms with Gasteiger partial charge in [-0.1, -0.05) is 30.0 Å². The molecule has 2 aromatic carbocycles. The van der Waals surface area contributed by atoms with Gasteiger partial charge in [0.25, 0.3) is 0 Å². The molecule has 3 aromatic rings. The highest BCUT2D eigenvalue weighted by Crippen LogP contribution is 2.22. The first-order chi connectivity index (χ1) is 13.6. The van der Waals surface area contributed by atoms with Crippen LogP contribution in [0.1, 0.15) is 5.56 Å². The average molecular weight is 399 g/mol. The number of hydrogen-bond acceptors (Lipinski definition) is 7. The van der Waals surface area contributed by atoms with Crippen LogP contribution in [0.2, 0.25) is 0 Å². The summed E-state index contributed by atoms with van der Waals surface area (Å²) in [5.74, 6) is 1.71. The van der Waals surface area contributed by atoms with Crippen molar-refractivity contribution >= 4 is 17.7 Å². The quantitative estimate of drug-likeness (QED) is 0.538. The highest BCUT2D eigenvalue weighted by molar-refractivity contribution is 7.99. The van der Waals surface area contributed by atoms with E-state index in [1.165, 1.54) is 11.8 Å². The molecule has 0 aliphatic heterocycles. The van der Waals surface area contributed by atoms with Gasteiger partial charge < -0.3 is 14.4 Å². The van der Waals surface area contributed by atoms with Crippen LogP contribution in [0.4, 0.5) is 0 Å². The number of amides is 1. The molecule has 0 aliphatic rings. The number of aromatic nitrogens is 4. The van der Waals surface area contributed by atoms with E-state index in [1.54, 1.807) is 30.8 Å². The number of nitrogens with zero attached hydrogens (tertiary/aromatic N) is 5. The predicted molar refractivity (Wildman–Crippen MR) is 106 cm³/mol. The van der Waals surface area contributed by atoms with E-state index in [-0.39, 0.29) is 11.7 Å². The Morgan fingerprint density at radius 2 is 1.86 bits per heavy atom. The first-order valence-electron chi connectivity index (χ1n) is 8.54. The van der Waals surface area contributed by atoms with E-state index < -0.39 is 0 Å². The number of para-hydroxylation sites is 1. The lowest BCUT2D eigenvalue weighted by atomic mass is 10.2. The third-order valence-electron chi connectivity index (χ3n) is 4.11. The summed E-state index contributed by atoms with van der Waals surface area (Å²) in [5, 5.41) is 12.3. The summed E-state index contributed by atoms with van der Waals surface area (Å²) < 4.78 is 12.1. The molecule has 0 N–H and O–H groups in total. The molecular weight excluding hydrogens is 378 g/mol. The van der Waals surface area contributed by atoms with E-state index >= 15 is 0 Å². The van der Waals surface area contributed by atoms with Crippen molar-refractivity contribution in [3.63, 3.8) is 0 Å². The molecule has 1 heterocycles. The molecule has 0 bridgehead atoms. The van der Waals surface area contributed by atoms with Crippen LogP contribution in [0.15, 0.2) is 53.7 Å². The van der Waals surface area contributed by atoms with Crippen molar-refractivity contribution in [3.8, 4) is 17.2 Å². The van der Waals surface area contributed by atoms with E-state index in [4.69, 9.17) is 9.47 Å². The third kappa shape index (κ3) is 4.61. The maximum atomic E-state index is 12.5. The average Bonchev–Trinajstić information content (AvgIpc) is 3.21. The topological polar surface area (TPSA) is 82.4 Å². The fraction of sp³-hybridized carbons (Fsp3) is 0.263. The number of ether oxygens (including phenoxy) is 2. The van der Waals surface area contributed by atoms with Gasteiger partial charge in [-0.3, -0.25) is 4.79 Å². The molecule has 146 valence electrons. The Bertz CT molecular complexity index is 929. The number of hydrogen-bond donors (Lipinski definition) is 0. The summed E-state index contributed by atoms with van der Waals surface area (Å²) in [4.78, 5) is 14.2. The summed E-state index contributed by atoms with van der Waals surface area (Å²) in [5.41, 5.74) is 1.75. The van der Waals surface area contributed by atoms with Crippen LogP contribution in [-0.2, 0) is 11.3 Å². The molecule has 9 heteroatoms. The fourth-order valence-corrected chi connectivity index (χ4v) is 3.40. The van der Waals surface area contributed by atoms with Gasteiger partial charge in [-0.05, 0) is 40.8 Å². The first kappa shape index (κ1) is 19.7. The summed E-state index contributed by atoms with van der Waals surface area (Å²) in [6, 6.07) is 15.0. The fourth-order valence-electron chi connectivity index (χ4n) is 2.57. The summed E-state index contributed by atoms with van der Waals surface area (Å²) in [6.07, 6.45) is 0. The lowest BCUT2D eigenvalue weighted by Gasteiger charge is -2.18. The molecule has 1 amide bonds. The molecule has 0 atom stereocenters. The molecule has 1 aromatic heterocycles. The largest absolute Gasteiger partial charge is 0.497 e. The zero-order valence-electron chi connectivity index (χ0n) is 15.9. The minimum Gasteiger partial charge on any atom is -0.497 e. The Morgan fingerprint density at radius 1 is 1.11 bits per heavy atom. The highest BCUT2D eigenvalue weighted by atomic mass is 32.2. The van der Waals surface area contributed by atoms with Crippen LogP contribution < -0.4 is 9.47 Å². The van der Waals surface area contributed by atoms with Gasteiger partial charge in [0, 0.05) is 19.2 Å². The van der Waals surface area contributed by atoms with Crippen molar-refractivity contribution in [1.82, 2.24) is 25.1 Å². The standard InChI is InChI=1S/C19H21N5O3S/c1-23(12-14-6-4-5-7-17(14)27-3)18(25)13-28-19-20-21-22-24(19)15-8-10-16(26-2)11-9-15/h4-11H,12-13H2,1-3H3. The zero-order valence-corrected chi connectivity index (χ0v) is 16.7. The Morgan fingerprint density at radius 3 is 2.57 bits per heavy atom. The number of thioether (sulfide) groups is 1. The number of methoxy groups -OCH3 is 2. The second kappa shape index (κ2) is 9.23. The second-order valence-electron chi connectivity index (χ2n) is 5.92. The molecule has 0 aliphatic carbocycles. The summed E-state index contributed by atoms with van der Waals surface area (Å²) in [6.45, 7) is 0.465. The van der Waals surface area contributed by atoms with E-state index in [1.807, 2.05) is 48.5 Å². The van der Waals surface area contributed by atoms with Gasteiger partial charge in [-0.25, -0.2) is 0 Å². The Hall–Kier alpha value is -3.07. The Kier molecular flexibility index (Phi) is 6.49. The molecule has 3 rings (SSSR count). The lowest BCUT2D eigenvalue weighted by molar-refractivity contribution is -0.127. The molecule has 0 saturated heterocycles. The van der Waals surface area contributed by atoms with Crippen LogP contribution in [0.5, 0.6) is 11.5 Å². The maximum Gasteiger partial charge on any atom is 0.233 e. The summed E-state index contributed by atoms with van der Waals surface area (Å²) >= 11 is 1.29. The van der Waals surface area contributed by atoms with Crippen molar-refractivity contribution in [2.24, 2.45) is 0 Å². The summed E-state index contributed by atoms with van der Waals surface area (Å²) in [7, 11) is 5.00. The van der Waals surface area contributed by atoms with E-state index in [0.717, 1.165) is 22.7 Å². The van der Waals surface area contributed by atoms with Crippen molar-refractivity contribution in [3.05, 3.63) is 54.1 Å². The molecule has 8 nitrogen and oxygen atoms in total. The molecule has 0 saturated carbocycles. The van der Waals surface area contributed by atoms with Gasteiger partial charge in [0.2, 0.25) is 11.1 Å². The van der Waals surface area contributed by atoms with Gasteiger partial charge >= 0.3 is 0 Å². The van der Waals surface area contributed by atoms with Gasteiger partial charge in [-0.15, -0.1) is 5.10 Å². The van der Waals surface area contributed by atoms with Crippen LogP contribution in [0.25, 0.3) is 5.69 Å². The number of carbonyl (C=O) groups is 1. The van der Waals surface area contributed by atoms with Gasteiger partial charge in [0.05, 0.1) is 25.7 Å². The van der Waals surface area contributed by atoms with Crippen LogP contribution >= 0.6 is 11.8 Å². The van der Waals surface area contributed by atoms with E-state index in [0.29, 0.717) is 11.7 Å². The van der Waals surface area contributed by atoms with Gasteiger partial charge in [0.15, 0.2) is 0 Å². The Balaban J connectivity index is 1.62. The van der Waals surface area contributed by atoms with Gasteiger partial charge in [0.1, 0.15) is 11.5 Å². The van der Waals surface area contributed by atoms with Crippen LogP contribution in [0, 0.1) is 0 Å². The monoisotopic (exact) mass is 399 g/mol. The minimum absolute atomic E-state index is 0.0276. The lowest BCUT2D eigenvalue weighted by Crippen LogP contribution is -2.28. The molecule has 0 unspecified atom stereocenters. The normalized spacial score (nSPS) is 10.5. The van der Waals surface area contributed by atoms with Crippen molar-refractivity contribution < 1.29 is 14.3 Å².